The molecule has 3 nitrogen and oxygen atoms in total. The van der Waals surface area contributed by atoms with Gasteiger partial charge in [-0.1, -0.05) is 30.3 Å². The molecule has 0 saturated heterocycles. The lowest BCUT2D eigenvalue weighted by Crippen LogP contribution is -1.89. The average molecular weight is 423 g/mol. The van der Waals surface area contributed by atoms with Crippen molar-refractivity contribution in [1.82, 2.24) is 4.98 Å². The minimum Gasteiger partial charge on any atom is -0.497 e. The van der Waals surface area contributed by atoms with Gasteiger partial charge in [-0.3, -0.25) is 0 Å². The van der Waals surface area contributed by atoms with E-state index in [1.165, 1.54) is 12.1 Å². The van der Waals surface area contributed by atoms with E-state index < -0.39 is 0 Å². The third-order valence-electron chi connectivity index (χ3n) is 5.74. The number of benzene rings is 4. The first-order chi connectivity index (χ1) is 15.7. The first kappa shape index (κ1) is 19.9. The van der Waals surface area contributed by atoms with Crippen LogP contribution in [0.1, 0.15) is 0 Å². The quantitative estimate of drug-likeness (QED) is 0.321. The molecule has 5 aromatic rings. The number of aromatic nitrogens is 1. The van der Waals surface area contributed by atoms with Crippen LogP contribution < -0.4 is 9.47 Å². The van der Waals surface area contributed by atoms with Crippen LogP contribution in [0.25, 0.3) is 44.4 Å². The highest BCUT2D eigenvalue weighted by Crippen LogP contribution is 2.40. The van der Waals surface area contributed by atoms with Crippen molar-refractivity contribution in [3.05, 3.63) is 96.8 Å². The summed E-state index contributed by atoms with van der Waals surface area (Å²) in [5.74, 6) is 1.39. The van der Waals surface area contributed by atoms with Crippen LogP contribution >= 0.6 is 0 Å². The fraction of sp³-hybridized carbons (Fsp3) is 0.0714. The molecule has 1 N–H and O–H groups in total. The van der Waals surface area contributed by atoms with E-state index in [1.54, 1.807) is 26.4 Å². The molecule has 32 heavy (non-hydrogen) atoms. The summed E-state index contributed by atoms with van der Waals surface area (Å²) in [6.07, 6.45) is 0. The van der Waals surface area contributed by atoms with E-state index in [1.807, 2.05) is 24.3 Å². The monoisotopic (exact) mass is 423 g/mol. The van der Waals surface area contributed by atoms with Crippen LogP contribution in [-0.4, -0.2) is 19.2 Å². The van der Waals surface area contributed by atoms with E-state index >= 15 is 0 Å². The normalized spacial score (nSPS) is 11.0. The lowest BCUT2D eigenvalue weighted by atomic mass is 9.91. The van der Waals surface area contributed by atoms with E-state index in [-0.39, 0.29) is 5.82 Å². The van der Waals surface area contributed by atoms with Gasteiger partial charge in [-0.15, -0.1) is 0 Å². The van der Waals surface area contributed by atoms with Crippen LogP contribution in [0.15, 0.2) is 91.0 Å². The maximum atomic E-state index is 13.4. The number of hydrogen-bond acceptors (Lipinski definition) is 2. The van der Waals surface area contributed by atoms with Crippen LogP contribution in [0.5, 0.6) is 11.5 Å². The standard InChI is InChI=1S/C28H22FNO2/c1-31-22-11-5-18(6-12-22)24-15-16-26-25(28(24)20-7-13-23(32-2)14-8-20)17-27(30-26)19-3-9-21(29)10-4-19/h3-17,30H,1-2H3. The Balaban J connectivity index is 1.73. The van der Waals surface area contributed by atoms with Crippen LogP contribution in [0.4, 0.5) is 4.39 Å². The van der Waals surface area contributed by atoms with Crippen LogP contribution in [0, 0.1) is 5.82 Å². The fourth-order valence-electron chi connectivity index (χ4n) is 4.07. The molecule has 0 aliphatic rings. The van der Waals surface area contributed by atoms with Gasteiger partial charge in [-0.25, -0.2) is 4.39 Å². The maximum Gasteiger partial charge on any atom is 0.123 e. The topological polar surface area (TPSA) is 34.2 Å². The average Bonchev–Trinajstić information content (AvgIpc) is 3.28. The molecule has 0 bridgehead atoms. The Hall–Kier alpha value is -4.05. The molecule has 1 aromatic heterocycles. The Kier molecular flexibility index (Phi) is 5.12. The largest absolute Gasteiger partial charge is 0.497 e. The van der Waals surface area contributed by atoms with Gasteiger partial charge in [0.05, 0.1) is 14.2 Å². The number of ether oxygens (including phenoxy) is 2. The van der Waals surface area contributed by atoms with Gasteiger partial charge in [-0.2, -0.15) is 0 Å². The number of nitrogens with one attached hydrogen (secondary N) is 1. The molecule has 0 spiro atoms. The fourth-order valence-corrected chi connectivity index (χ4v) is 4.07. The van der Waals surface area contributed by atoms with Crippen molar-refractivity contribution in [2.45, 2.75) is 0 Å². The molecule has 0 fully saturated rings. The van der Waals surface area contributed by atoms with E-state index in [4.69, 9.17) is 9.47 Å². The molecule has 0 saturated carbocycles. The Morgan fingerprint density at radius 3 is 1.78 bits per heavy atom. The first-order valence-corrected chi connectivity index (χ1v) is 10.4. The number of aromatic amines is 1. The van der Waals surface area contributed by atoms with E-state index in [0.717, 1.165) is 55.9 Å². The summed E-state index contributed by atoms with van der Waals surface area (Å²) in [4.78, 5) is 3.49. The summed E-state index contributed by atoms with van der Waals surface area (Å²) < 4.78 is 24.1. The third-order valence-corrected chi connectivity index (χ3v) is 5.74. The number of H-pyrrole nitrogens is 1. The van der Waals surface area contributed by atoms with Gasteiger partial charge in [0.1, 0.15) is 17.3 Å². The van der Waals surface area contributed by atoms with Gasteiger partial charge in [0.15, 0.2) is 0 Å². The van der Waals surface area contributed by atoms with Crippen LogP contribution in [0.2, 0.25) is 0 Å². The number of methoxy groups -OCH3 is 2. The third kappa shape index (κ3) is 3.60. The number of rotatable bonds is 5. The second kappa shape index (κ2) is 8.23. The summed E-state index contributed by atoms with van der Waals surface area (Å²) >= 11 is 0. The Morgan fingerprint density at radius 1 is 0.625 bits per heavy atom. The highest BCUT2D eigenvalue weighted by Gasteiger charge is 2.15. The van der Waals surface area contributed by atoms with Crippen molar-refractivity contribution in [3.63, 3.8) is 0 Å². The summed E-state index contributed by atoms with van der Waals surface area (Å²) in [5, 5.41) is 1.10. The minimum absolute atomic E-state index is 0.245. The highest BCUT2D eigenvalue weighted by atomic mass is 19.1. The predicted octanol–water partition coefficient (Wildman–Crippen LogP) is 7.33. The molecule has 0 atom stereocenters. The molecule has 0 unspecified atom stereocenters. The first-order valence-electron chi connectivity index (χ1n) is 10.4. The number of hydrogen-bond donors (Lipinski definition) is 1. The lowest BCUT2D eigenvalue weighted by molar-refractivity contribution is 0.414. The molecule has 0 amide bonds. The second-order valence-corrected chi connectivity index (χ2v) is 7.60. The Bertz CT molecular complexity index is 1370. The summed E-state index contributed by atoms with van der Waals surface area (Å²) in [7, 11) is 3.33. The molecule has 4 aromatic carbocycles. The number of fused-ring (bicyclic) bond motifs is 1. The lowest BCUT2D eigenvalue weighted by Gasteiger charge is -2.13. The van der Waals surface area contributed by atoms with Crippen molar-refractivity contribution in [2.24, 2.45) is 0 Å². The van der Waals surface area contributed by atoms with E-state index in [9.17, 15) is 4.39 Å². The van der Waals surface area contributed by atoms with Gasteiger partial charge in [-0.05, 0) is 88.5 Å². The van der Waals surface area contributed by atoms with Gasteiger partial charge < -0.3 is 14.5 Å². The van der Waals surface area contributed by atoms with Crippen molar-refractivity contribution < 1.29 is 13.9 Å². The smallest absolute Gasteiger partial charge is 0.123 e. The van der Waals surface area contributed by atoms with Gasteiger partial charge in [0.2, 0.25) is 0 Å². The maximum absolute atomic E-state index is 13.4. The molecule has 0 aliphatic heterocycles. The second-order valence-electron chi connectivity index (χ2n) is 7.60. The van der Waals surface area contributed by atoms with Gasteiger partial charge in [0.25, 0.3) is 0 Å². The van der Waals surface area contributed by atoms with E-state index in [0.29, 0.717) is 0 Å². The zero-order valence-electron chi connectivity index (χ0n) is 17.9. The molecule has 0 aliphatic carbocycles. The zero-order chi connectivity index (χ0) is 22.1. The van der Waals surface area contributed by atoms with Crippen molar-refractivity contribution in [2.75, 3.05) is 14.2 Å². The summed E-state index contributed by atoms with van der Waals surface area (Å²) in [6.45, 7) is 0. The molecule has 0 radical (unpaired) electrons. The van der Waals surface area contributed by atoms with E-state index in [2.05, 4.69) is 47.4 Å². The predicted molar refractivity (Wildman–Crippen MR) is 128 cm³/mol. The minimum atomic E-state index is -0.245. The molecule has 5 rings (SSSR count). The molecule has 1 heterocycles. The SMILES string of the molecule is COc1ccc(-c2ccc3[nH]c(-c4ccc(F)cc4)cc3c2-c2ccc(OC)cc2)cc1. The zero-order valence-corrected chi connectivity index (χ0v) is 17.9. The summed E-state index contributed by atoms with van der Waals surface area (Å²) in [5.41, 5.74) is 7.34. The number of halogens is 1. The molecular weight excluding hydrogens is 401 g/mol. The Labute approximate surface area is 186 Å². The molecule has 4 heteroatoms. The van der Waals surface area contributed by atoms with Crippen molar-refractivity contribution >= 4 is 10.9 Å². The van der Waals surface area contributed by atoms with Gasteiger partial charge in [0, 0.05) is 16.6 Å². The molecule has 158 valence electrons. The van der Waals surface area contributed by atoms with Gasteiger partial charge >= 0.3 is 0 Å². The van der Waals surface area contributed by atoms with Crippen molar-refractivity contribution in [3.8, 4) is 45.0 Å². The summed E-state index contributed by atoms with van der Waals surface area (Å²) in [6, 6.07) is 29.1. The highest BCUT2D eigenvalue weighted by molar-refractivity contribution is 6.05. The molecular formula is C28H22FNO2. The van der Waals surface area contributed by atoms with Crippen molar-refractivity contribution in [1.29, 1.82) is 0 Å². The van der Waals surface area contributed by atoms with Crippen LogP contribution in [0.3, 0.4) is 0 Å². The van der Waals surface area contributed by atoms with Crippen LogP contribution in [-0.2, 0) is 0 Å². The Morgan fingerprint density at radius 2 is 1.19 bits per heavy atom.